The van der Waals surface area contributed by atoms with Crippen molar-refractivity contribution in [3.8, 4) is 0 Å². The number of benzene rings is 2. The molecule has 2 amide bonds. The number of nitrogens with zero attached hydrogens (tertiary/aromatic N) is 2. The van der Waals surface area contributed by atoms with Gasteiger partial charge in [-0.25, -0.2) is 26.3 Å². The van der Waals surface area contributed by atoms with Crippen LogP contribution in [0.15, 0.2) is 65.9 Å². The summed E-state index contributed by atoms with van der Waals surface area (Å²) in [7, 11) is -9.66. The number of sulfonamides is 2. The number of rotatable bonds is 12. The number of hydrogen-bond acceptors (Lipinski definition) is 14. The first kappa shape index (κ1) is 28.5. The van der Waals surface area contributed by atoms with Crippen LogP contribution in [-0.2, 0) is 20.0 Å². The first-order valence-corrected chi connectivity index (χ1v) is 21.5. The van der Waals surface area contributed by atoms with Gasteiger partial charge in [-0.3, -0.25) is 19.2 Å². The number of amides is 2. The number of Topliss-reactive ketones (excluding diaryl/α,β-unsaturated/α-hetero) is 2. The van der Waals surface area contributed by atoms with Gasteiger partial charge in [-0.2, -0.15) is 0 Å². The standard InChI is InChI=1S/2C20H21N3O5S2/c2*1-10-8-11(2)17(15(9-10)14(5)24)21-19(25)18-16(6-7-29-18)30(26,27)23-20-12(3)13(4)22-28-20/h2*6-9,23H,1-5H3,(H,21,25)/i1D3,2D3,8D;3D3,8D/hD4. The Labute approximate surface area is 376 Å². The second-order valence-electron chi connectivity index (χ2n) is 12.6. The topological polar surface area (TPSA) is 237 Å². The highest BCUT2D eigenvalue weighted by Crippen LogP contribution is 2.31. The molecule has 0 aliphatic heterocycles. The van der Waals surface area contributed by atoms with Crippen molar-refractivity contribution in [2.24, 2.45) is 0 Å². The molecule has 4 N–H and O–H groups in total. The monoisotopic (exact) mass is 909 g/mol. The van der Waals surface area contributed by atoms with Crippen molar-refractivity contribution in [2.45, 2.75) is 78.8 Å². The summed E-state index contributed by atoms with van der Waals surface area (Å²) in [6.45, 7) is 0.442. The molecule has 0 spiro atoms. The zero-order valence-electron chi connectivity index (χ0n) is 47.4. The molecule has 0 radical (unpaired) electrons. The molecule has 0 aliphatic carbocycles. The van der Waals surface area contributed by atoms with Crippen LogP contribution in [0, 0.1) is 55.2 Å². The summed E-state index contributed by atoms with van der Waals surface area (Å²) in [6, 6.07) is 3.11. The quantitative estimate of drug-likeness (QED) is 0.0847. The number of aryl methyl sites for hydroxylation is 4. The number of nitrogens with one attached hydrogen (secondary N) is 4. The summed E-state index contributed by atoms with van der Waals surface area (Å²) >= 11 is 1.23. The summed E-state index contributed by atoms with van der Waals surface area (Å²) in [5, 5.41) is 9.79. The van der Waals surface area contributed by atoms with E-state index >= 15 is 0 Å². The van der Waals surface area contributed by atoms with E-state index in [2.05, 4.69) is 10.3 Å². The highest BCUT2D eigenvalue weighted by molar-refractivity contribution is 7.93. The number of carbonyl (C=O) groups is 4. The van der Waals surface area contributed by atoms with E-state index in [1.54, 1.807) is 6.92 Å². The fraction of sp³-hybridized carbons (Fsp3) is 0.250. The second kappa shape index (κ2) is 17.7. The molecular weight excluding hydrogens is 853 g/mol. The lowest BCUT2D eigenvalue weighted by molar-refractivity contribution is 0.100. The van der Waals surface area contributed by atoms with Crippen LogP contribution >= 0.6 is 22.7 Å². The van der Waals surface area contributed by atoms with Gasteiger partial charge in [0.25, 0.3) is 31.9 Å². The molecular formula is C40H42N6O10S4. The van der Waals surface area contributed by atoms with Crippen molar-refractivity contribution in [1.82, 2.24) is 10.3 Å². The average molecular weight is 910 g/mol. The van der Waals surface area contributed by atoms with Crippen molar-refractivity contribution >= 4 is 89.2 Å². The SMILES string of the molecule is [2H]c1c(C([2H])([2H])[2H])cc(C(C)=O)c(N([2H])C(=O)c2sccc2S(=O)(=O)N([2H])c2onc(C)c2C)c1C([2H])([2H])[2H].[2H]c1c(C)cc(C(C)=O)c(N([2H])C(=O)c2sccc2S(=O)(=O)N([2H])c2onc(C)c2C([2H])([2H])[2H])c1C. The van der Waals surface area contributed by atoms with E-state index in [1.807, 2.05) is 0 Å². The van der Waals surface area contributed by atoms with Gasteiger partial charge in [-0.05, 0) is 126 Å². The number of hydrogen-bond donors (Lipinski definition) is 4. The van der Waals surface area contributed by atoms with E-state index in [4.69, 9.17) is 29.8 Å². The molecule has 6 rings (SSSR count). The molecule has 16 nitrogen and oxygen atoms in total. The maximum absolute atomic E-state index is 13.5. The summed E-state index contributed by atoms with van der Waals surface area (Å²) < 4.78 is 182. The maximum Gasteiger partial charge on any atom is 0.267 e. The number of aromatic nitrogens is 2. The Morgan fingerprint density at radius 3 is 1.55 bits per heavy atom. The molecule has 316 valence electrons. The molecule has 0 saturated heterocycles. The second-order valence-corrected chi connectivity index (χ2v) is 17.6. The molecule has 0 unspecified atom stereocenters. The minimum Gasteiger partial charge on any atom is -0.337 e. The van der Waals surface area contributed by atoms with E-state index in [1.165, 1.54) is 51.4 Å². The molecule has 0 fully saturated rings. The van der Waals surface area contributed by atoms with Gasteiger partial charge in [0.15, 0.2) is 17.2 Å². The Morgan fingerprint density at radius 1 is 0.667 bits per heavy atom. The van der Waals surface area contributed by atoms with Crippen molar-refractivity contribution in [3.63, 3.8) is 0 Å². The van der Waals surface area contributed by atoms with E-state index in [-0.39, 0.29) is 48.9 Å². The van der Waals surface area contributed by atoms with Crippen molar-refractivity contribution in [3.05, 3.63) is 113 Å². The van der Waals surface area contributed by atoms with Crippen LogP contribution < -0.4 is 20.0 Å². The summed E-state index contributed by atoms with van der Waals surface area (Å²) in [5.41, 5.74) is -3.01. The van der Waals surface area contributed by atoms with E-state index in [0.29, 0.717) is 39.2 Å². The predicted octanol–water partition coefficient (Wildman–Crippen LogP) is 8.45. The van der Waals surface area contributed by atoms with Crippen LogP contribution in [0.25, 0.3) is 0 Å². The predicted molar refractivity (Wildman–Crippen MR) is 230 cm³/mol. The van der Waals surface area contributed by atoms with Crippen molar-refractivity contribution in [1.29, 1.82) is 0 Å². The lowest BCUT2D eigenvalue weighted by Gasteiger charge is -2.14. The van der Waals surface area contributed by atoms with Gasteiger partial charge in [0, 0.05) is 34.6 Å². The lowest BCUT2D eigenvalue weighted by Crippen LogP contribution is -2.20. The third kappa shape index (κ3) is 9.73. The van der Waals surface area contributed by atoms with Gasteiger partial charge < -0.3 is 19.7 Å². The first-order chi connectivity index (χ1) is 34.2. The summed E-state index contributed by atoms with van der Waals surface area (Å²) in [5.74, 6) is -5.20. The molecule has 0 saturated carbocycles. The number of thiophene rings is 2. The lowest BCUT2D eigenvalue weighted by atomic mass is 10.0. The fourth-order valence-corrected chi connectivity index (χ4v) is 9.58. The van der Waals surface area contributed by atoms with Gasteiger partial charge >= 0.3 is 0 Å². The smallest absolute Gasteiger partial charge is 0.267 e. The van der Waals surface area contributed by atoms with E-state index in [9.17, 15) is 36.0 Å². The van der Waals surface area contributed by atoms with Crippen molar-refractivity contribution < 1.29 is 65.8 Å². The minimum atomic E-state index is -4.87. The summed E-state index contributed by atoms with van der Waals surface area (Å²) in [4.78, 5) is 49.0. The first-order valence-electron chi connectivity index (χ1n) is 24.1. The third-order valence-corrected chi connectivity index (χ3v) is 12.8. The molecule has 0 aliphatic rings. The Hall–Kier alpha value is -5.96. The Balaban J connectivity index is 0.000000278. The summed E-state index contributed by atoms with van der Waals surface area (Å²) in [6.07, 6.45) is 0. The third-order valence-electron chi connectivity index (χ3n) is 8.17. The van der Waals surface area contributed by atoms with Crippen LogP contribution in [0.2, 0.25) is 5.65 Å². The van der Waals surface area contributed by atoms with Gasteiger partial charge in [-0.1, -0.05) is 22.4 Å². The number of ketones is 2. The number of anilines is 4. The molecule has 0 bridgehead atoms. The molecule has 60 heavy (non-hydrogen) atoms. The zero-order chi connectivity index (χ0) is 57.2. The van der Waals surface area contributed by atoms with Gasteiger partial charge in [0.1, 0.15) is 19.5 Å². The van der Waals surface area contributed by atoms with Crippen LogP contribution in [-0.4, -0.2) is 50.5 Å². The largest absolute Gasteiger partial charge is 0.337 e. The molecule has 6 aromatic rings. The van der Waals surface area contributed by atoms with Crippen LogP contribution in [0.5, 0.6) is 0 Å². The molecule has 20 heteroatoms. The molecule has 4 aromatic heterocycles. The Bertz CT molecular complexity index is 3510. The average Bonchev–Trinajstić information content (AvgIpc) is 4.13. The van der Waals surface area contributed by atoms with E-state index < -0.39 is 129 Å². The number of carbonyl (C=O) groups excluding carboxylic acids is 4. The van der Waals surface area contributed by atoms with Crippen molar-refractivity contribution in [2.75, 3.05) is 20.0 Å². The van der Waals surface area contributed by atoms with E-state index in [0.717, 1.165) is 25.1 Å². The molecule has 0 atom stereocenters. The molecule has 2 aromatic carbocycles. The minimum absolute atomic E-state index is 0.00638. The maximum atomic E-state index is 13.5. The zero-order valence-corrected chi connectivity index (χ0v) is 35.6. The highest BCUT2D eigenvalue weighted by atomic mass is 32.2. The van der Waals surface area contributed by atoms with Gasteiger partial charge in [0.05, 0.1) is 25.5 Å². The van der Waals surface area contributed by atoms with Crippen LogP contribution in [0.4, 0.5) is 23.1 Å². The fourth-order valence-electron chi connectivity index (χ4n) is 5.10. The van der Waals surface area contributed by atoms with Gasteiger partial charge in [0.2, 0.25) is 11.8 Å². The van der Waals surface area contributed by atoms with Crippen LogP contribution in [0.1, 0.15) is 114 Å². The van der Waals surface area contributed by atoms with Gasteiger partial charge in [-0.15, -0.1) is 22.7 Å². The molecule has 4 heterocycles. The highest BCUT2D eigenvalue weighted by Gasteiger charge is 2.29. The Morgan fingerprint density at radius 2 is 1.12 bits per heavy atom. The Kier molecular flexibility index (Phi) is 8.42. The normalized spacial score (nSPS) is 15.6. The van der Waals surface area contributed by atoms with Crippen LogP contribution in [0.3, 0.4) is 0 Å².